The summed E-state index contributed by atoms with van der Waals surface area (Å²) in [4.78, 5) is 23.2. The summed E-state index contributed by atoms with van der Waals surface area (Å²) in [5.74, 6) is -2.70. The normalized spacial score (nSPS) is 15.6. The van der Waals surface area contributed by atoms with Gasteiger partial charge in [0.2, 0.25) is 0 Å². The van der Waals surface area contributed by atoms with Crippen LogP contribution in [0.15, 0.2) is 53.5 Å². The van der Waals surface area contributed by atoms with E-state index in [-0.39, 0.29) is 5.82 Å². The van der Waals surface area contributed by atoms with Gasteiger partial charge in [0.1, 0.15) is 5.82 Å². The zero-order valence-corrected chi connectivity index (χ0v) is 13.2. The summed E-state index contributed by atoms with van der Waals surface area (Å²) in [6.07, 6.45) is 3.79. The van der Waals surface area contributed by atoms with E-state index in [9.17, 15) is 14.0 Å². The lowest BCUT2D eigenvalue weighted by atomic mass is 10.0. The average Bonchev–Trinajstić information content (AvgIpc) is 3.06. The Balaban J connectivity index is 0.000000242. The molecule has 1 aliphatic heterocycles. The highest BCUT2D eigenvalue weighted by atomic mass is 19.1. The molecule has 1 unspecified atom stereocenters. The van der Waals surface area contributed by atoms with Crippen molar-refractivity contribution in [1.82, 2.24) is 5.32 Å². The molecule has 1 atom stereocenters. The molecule has 0 radical (unpaired) electrons. The Morgan fingerprint density at radius 2 is 1.80 bits per heavy atom. The number of aliphatic carboxylic acids is 2. The molecule has 3 rings (SSSR count). The summed E-state index contributed by atoms with van der Waals surface area (Å²) in [5.41, 5.74) is 1.21. The van der Waals surface area contributed by atoms with Gasteiger partial charge in [-0.1, -0.05) is 24.3 Å². The second-order valence-corrected chi connectivity index (χ2v) is 5.40. The van der Waals surface area contributed by atoms with Crippen LogP contribution in [0.2, 0.25) is 0 Å². The predicted octanol–water partition coefficient (Wildman–Crippen LogP) is 2.23. The van der Waals surface area contributed by atoms with Crippen molar-refractivity contribution in [2.24, 2.45) is 4.99 Å². The molecule has 25 heavy (non-hydrogen) atoms. The summed E-state index contributed by atoms with van der Waals surface area (Å²) in [6, 6.07) is 11.5. The van der Waals surface area contributed by atoms with Gasteiger partial charge in [0, 0.05) is 12.2 Å². The van der Waals surface area contributed by atoms with Crippen molar-refractivity contribution in [3.05, 3.63) is 59.9 Å². The summed E-state index contributed by atoms with van der Waals surface area (Å²) in [7, 11) is 0. The van der Waals surface area contributed by atoms with Gasteiger partial charge in [-0.15, -0.1) is 0 Å². The molecule has 0 saturated heterocycles. The van der Waals surface area contributed by atoms with Gasteiger partial charge in [0.15, 0.2) is 0 Å². The van der Waals surface area contributed by atoms with Crippen molar-refractivity contribution >= 4 is 29.0 Å². The Bertz CT molecular complexity index is 809. The maximum Gasteiger partial charge on any atom is 0.328 e. The van der Waals surface area contributed by atoms with E-state index in [2.05, 4.69) is 22.4 Å². The number of nitrogens with one attached hydrogen (secondary N) is 1. The average molecular weight is 344 g/mol. The van der Waals surface area contributed by atoms with Gasteiger partial charge >= 0.3 is 11.9 Å². The van der Waals surface area contributed by atoms with Crippen molar-refractivity contribution in [3.63, 3.8) is 0 Å². The van der Waals surface area contributed by atoms with Crippen LogP contribution in [0.4, 0.5) is 4.39 Å². The minimum atomic E-state index is -1.26. The standard InChI is InChI=1S/C14H13FN2.C4H4O4/c15-13-4-3-11-2-1-10(5-12(11)7-13)6-14-8-16-9-17-14;5-3(6)1-2-4(7)8/h1-5,7,9,14H,6,8H2,(H,16,17);1-2H,(H,5,6)(H,7,8). The number of rotatable bonds is 4. The van der Waals surface area contributed by atoms with Crippen LogP contribution in [0.5, 0.6) is 0 Å². The van der Waals surface area contributed by atoms with E-state index in [0.29, 0.717) is 18.2 Å². The fourth-order valence-corrected chi connectivity index (χ4v) is 2.34. The quantitative estimate of drug-likeness (QED) is 0.739. The Kier molecular flexibility index (Phi) is 6.22. The Morgan fingerprint density at radius 1 is 1.12 bits per heavy atom. The first-order valence-electron chi connectivity index (χ1n) is 7.50. The molecule has 1 heterocycles. The predicted molar refractivity (Wildman–Crippen MR) is 92.3 cm³/mol. The molecule has 130 valence electrons. The zero-order valence-electron chi connectivity index (χ0n) is 13.2. The molecule has 0 aliphatic carbocycles. The lowest BCUT2D eigenvalue weighted by Gasteiger charge is -2.10. The second-order valence-electron chi connectivity index (χ2n) is 5.40. The third-order valence-electron chi connectivity index (χ3n) is 3.44. The highest BCUT2D eigenvalue weighted by Gasteiger charge is 2.11. The minimum absolute atomic E-state index is 0.183. The van der Waals surface area contributed by atoms with Gasteiger partial charge < -0.3 is 15.5 Å². The highest BCUT2D eigenvalue weighted by Crippen LogP contribution is 2.18. The fourth-order valence-electron chi connectivity index (χ4n) is 2.34. The number of hydrogen-bond donors (Lipinski definition) is 3. The summed E-state index contributed by atoms with van der Waals surface area (Å²) in [5, 5.41) is 20.9. The number of fused-ring (bicyclic) bond motifs is 1. The molecule has 0 bridgehead atoms. The van der Waals surface area contributed by atoms with Crippen molar-refractivity contribution < 1.29 is 24.2 Å². The van der Waals surface area contributed by atoms with E-state index in [4.69, 9.17) is 10.2 Å². The third kappa shape index (κ3) is 6.06. The van der Waals surface area contributed by atoms with E-state index in [1.807, 2.05) is 12.1 Å². The van der Waals surface area contributed by atoms with E-state index >= 15 is 0 Å². The lowest BCUT2D eigenvalue weighted by Crippen LogP contribution is -2.26. The molecule has 0 saturated carbocycles. The number of nitrogens with zero attached hydrogens (tertiary/aromatic N) is 1. The summed E-state index contributed by atoms with van der Waals surface area (Å²) in [6.45, 7) is 0.821. The van der Waals surface area contributed by atoms with Gasteiger partial charge in [0.05, 0.1) is 18.9 Å². The van der Waals surface area contributed by atoms with Crippen LogP contribution < -0.4 is 5.32 Å². The van der Waals surface area contributed by atoms with E-state index in [1.165, 1.54) is 11.6 Å². The number of hydrogen-bond acceptors (Lipinski definition) is 4. The van der Waals surface area contributed by atoms with Crippen LogP contribution in [0.25, 0.3) is 10.8 Å². The van der Waals surface area contributed by atoms with Crippen molar-refractivity contribution in [1.29, 1.82) is 0 Å². The molecule has 2 aromatic rings. The molecule has 7 heteroatoms. The number of halogens is 1. The largest absolute Gasteiger partial charge is 0.478 e. The highest BCUT2D eigenvalue weighted by molar-refractivity contribution is 5.89. The van der Waals surface area contributed by atoms with Gasteiger partial charge in [-0.2, -0.15) is 0 Å². The van der Waals surface area contributed by atoms with E-state index in [0.717, 1.165) is 23.7 Å². The Morgan fingerprint density at radius 3 is 2.40 bits per heavy atom. The van der Waals surface area contributed by atoms with Gasteiger partial charge in [-0.25, -0.2) is 14.0 Å². The number of carboxylic acid groups (broad SMARTS) is 2. The second kappa shape index (κ2) is 8.58. The molecular weight excluding hydrogens is 327 g/mol. The molecule has 2 aromatic carbocycles. The van der Waals surface area contributed by atoms with Gasteiger partial charge in [0.25, 0.3) is 0 Å². The van der Waals surface area contributed by atoms with Crippen LogP contribution in [0, 0.1) is 5.82 Å². The summed E-state index contributed by atoms with van der Waals surface area (Å²) < 4.78 is 13.1. The first-order chi connectivity index (χ1) is 11.9. The molecule has 3 N–H and O–H groups in total. The Hall–Kier alpha value is -3.22. The first-order valence-corrected chi connectivity index (χ1v) is 7.50. The van der Waals surface area contributed by atoms with Crippen LogP contribution in [0.1, 0.15) is 5.56 Å². The van der Waals surface area contributed by atoms with Crippen molar-refractivity contribution in [3.8, 4) is 0 Å². The number of benzene rings is 2. The topological polar surface area (TPSA) is 99.0 Å². The molecule has 6 nitrogen and oxygen atoms in total. The first kappa shape index (κ1) is 18.1. The number of carbonyl (C=O) groups is 2. The fraction of sp³-hybridized carbons (Fsp3) is 0.167. The van der Waals surface area contributed by atoms with E-state index < -0.39 is 11.9 Å². The van der Waals surface area contributed by atoms with Crippen LogP contribution in [-0.4, -0.2) is 41.1 Å². The van der Waals surface area contributed by atoms with Crippen molar-refractivity contribution in [2.45, 2.75) is 12.5 Å². The lowest BCUT2D eigenvalue weighted by molar-refractivity contribution is -0.134. The molecule has 0 amide bonds. The number of carboxylic acids is 2. The van der Waals surface area contributed by atoms with Crippen molar-refractivity contribution in [2.75, 3.05) is 6.54 Å². The molecule has 0 fully saturated rings. The molecule has 0 spiro atoms. The van der Waals surface area contributed by atoms with Gasteiger partial charge in [-0.3, -0.25) is 4.99 Å². The van der Waals surface area contributed by atoms with Crippen LogP contribution in [0.3, 0.4) is 0 Å². The third-order valence-corrected chi connectivity index (χ3v) is 3.44. The monoisotopic (exact) mass is 344 g/mol. The Labute approximate surface area is 143 Å². The minimum Gasteiger partial charge on any atom is -0.478 e. The molecular formula is C18H17FN2O4. The SMILES string of the molecule is Fc1ccc2ccc(CC3CN=CN3)cc2c1.O=C(O)C=CC(=O)O. The maximum atomic E-state index is 13.1. The smallest absolute Gasteiger partial charge is 0.328 e. The van der Waals surface area contributed by atoms with Crippen LogP contribution >= 0.6 is 0 Å². The number of aliphatic imine (C=N–C) groups is 1. The zero-order chi connectivity index (χ0) is 18.2. The van der Waals surface area contributed by atoms with Crippen LogP contribution in [-0.2, 0) is 16.0 Å². The van der Waals surface area contributed by atoms with Gasteiger partial charge in [-0.05, 0) is 34.9 Å². The summed E-state index contributed by atoms with van der Waals surface area (Å²) >= 11 is 0. The molecule has 0 aromatic heterocycles. The van der Waals surface area contributed by atoms with E-state index in [1.54, 1.807) is 12.4 Å². The maximum absolute atomic E-state index is 13.1. The molecule has 1 aliphatic rings.